The fraction of sp³-hybridized carbons (Fsp3) is 0.812. The third-order valence-electron chi connectivity index (χ3n) is 3.25. The van der Waals surface area contributed by atoms with Crippen molar-refractivity contribution < 1.29 is 4.21 Å². The molecule has 3 heteroatoms. The molecule has 0 rings (SSSR count). The molecule has 0 amide bonds. The third-order valence-corrected chi connectivity index (χ3v) is 5.57. The normalized spacial score (nSPS) is 17.2. The second kappa shape index (κ2) is 6.83. The minimum Gasteiger partial charge on any atom is -0.287 e. The smallest absolute Gasteiger partial charge is 0.0475 e. The fourth-order valence-electron chi connectivity index (χ4n) is 1.98. The van der Waals surface area contributed by atoms with Gasteiger partial charge in [-0.3, -0.25) is 9.20 Å². The fourth-order valence-corrected chi connectivity index (χ4v) is 3.94. The summed E-state index contributed by atoms with van der Waals surface area (Å²) in [5, 5.41) is 0. The van der Waals surface area contributed by atoms with Gasteiger partial charge in [0.05, 0.1) is 0 Å². The maximum Gasteiger partial charge on any atom is 0.0475 e. The van der Waals surface area contributed by atoms with E-state index in [2.05, 4.69) is 32.3 Å². The summed E-state index contributed by atoms with van der Waals surface area (Å²) in [7, 11) is -0.852. The third kappa shape index (κ3) is 6.51. The molecule has 0 radical (unpaired) electrons. The maximum atomic E-state index is 12.5. The van der Waals surface area contributed by atoms with E-state index in [4.69, 9.17) is 0 Å². The van der Waals surface area contributed by atoms with Gasteiger partial charge in [0.2, 0.25) is 0 Å². The minimum atomic E-state index is -0.852. The van der Waals surface area contributed by atoms with Crippen LogP contribution in [0.5, 0.6) is 0 Å². The number of nitrogens with zero attached hydrogens (tertiary/aromatic N) is 1. The van der Waals surface area contributed by atoms with Crippen molar-refractivity contribution in [3.05, 3.63) is 12.2 Å². The molecule has 2 unspecified atom stereocenters. The monoisotopic (exact) mass is 285 g/mol. The van der Waals surface area contributed by atoms with Gasteiger partial charge in [-0.05, 0) is 73.8 Å². The molecule has 0 aliphatic carbocycles. The summed E-state index contributed by atoms with van der Waals surface area (Å²) in [5.41, 5.74) is 2.03. The summed E-state index contributed by atoms with van der Waals surface area (Å²) < 4.78 is 12.2. The molecular weight excluding hydrogens is 254 g/mol. The lowest BCUT2D eigenvalue weighted by Crippen LogP contribution is -2.38. The Hall–Kier alpha value is -0.440. The first kappa shape index (κ1) is 18.6. The van der Waals surface area contributed by atoms with E-state index in [9.17, 15) is 4.21 Å². The molecule has 112 valence electrons. The average Bonchev–Trinajstić information content (AvgIpc) is 2.24. The van der Waals surface area contributed by atoms with E-state index in [0.717, 1.165) is 24.1 Å². The van der Waals surface area contributed by atoms with Crippen LogP contribution in [-0.2, 0) is 10.8 Å². The van der Waals surface area contributed by atoms with E-state index < -0.39 is 10.8 Å². The van der Waals surface area contributed by atoms with Gasteiger partial charge < -0.3 is 0 Å². The Bertz CT molecular complexity index is 375. The molecule has 0 N–H and O–H groups in total. The number of hydrogen-bond acceptors (Lipinski definition) is 2. The zero-order valence-electron chi connectivity index (χ0n) is 14.0. The van der Waals surface area contributed by atoms with Gasteiger partial charge in [0, 0.05) is 32.0 Å². The highest BCUT2D eigenvalue weighted by Crippen LogP contribution is 2.29. The summed E-state index contributed by atoms with van der Waals surface area (Å²) in [6.07, 6.45) is 1.88. The Labute approximate surface area is 122 Å². The zero-order valence-corrected chi connectivity index (χ0v) is 14.8. The van der Waals surface area contributed by atoms with E-state index in [-0.39, 0.29) is 15.5 Å². The van der Waals surface area contributed by atoms with Crippen LogP contribution in [0.4, 0.5) is 0 Å². The molecule has 2 atom stereocenters. The minimum absolute atomic E-state index is 0.163. The van der Waals surface area contributed by atoms with Crippen LogP contribution in [0.1, 0.15) is 68.2 Å². The second-order valence-electron chi connectivity index (χ2n) is 7.02. The summed E-state index contributed by atoms with van der Waals surface area (Å²) in [6, 6.07) is 0.257. The highest BCUT2D eigenvalue weighted by Gasteiger charge is 2.34. The molecule has 2 nitrogen and oxygen atoms in total. The van der Waals surface area contributed by atoms with Crippen molar-refractivity contribution >= 4 is 16.5 Å². The van der Waals surface area contributed by atoms with Crippen LogP contribution in [0.2, 0.25) is 0 Å². The highest BCUT2D eigenvalue weighted by atomic mass is 32.2. The van der Waals surface area contributed by atoms with Gasteiger partial charge in [-0.2, -0.15) is 0 Å². The van der Waals surface area contributed by atoms with Crippen LogP contribution in [-0.4, -0.2) is 25.5 Å². The summed E-state index contributed by atoms with van der Waals surface area (Å²) >= 11 is 0. The van der Waals surface area contributed by atoms with Crippen LogP contribution in [0.15, 0.2) is 17.1 Å². The Morgan fingerprint density at radius 1 is 1.21 bits per heavy atom. The van der Waals surface area contributed by atoms with Gasteiger partial charge in [0.25, 0.3) is 0 Å². The summed E-state index contributed by atoms with van der Waals surface area (Å²) in [5.74, 6) is 0. The van der Waals surface area contributed by atoms with Crippen molar-refractivity contribution in [3.8, 4) is 0 Å². The second-order valence-corrected chi connectivity index (χ2v) is 9.89. The molecule has 0 spiro atoms. The number of aliphatic imine (C=N–C) groups is 1. The largest absolute Gasteiger partial charge is 0.287 e. The molecule has 0 aromatic rings. The summed E-state index contributed by atoms with van der Waals surface area (Å²) in [4.78, 5) is 4.62. The topological polar surface area (TPSA) is 29.4 Å². The van der Waals surface area contributed by atoms with E-state index in [1.807, 2.05) is 34.6 Å². The number of hydrogen-bond donors (Lipinski definition) is 0. The molecule has 0 aliphatic heterocycles. The first-order chi connectivity index (χ1) is 8.38. The predicted octanol–water partition coefficient (Wildman–Crippen LogP) is 4.52. The molecule has 0 heterocycles. The van der Waals surface area contributed by atoms with Crippen molar-refractivity contribution in [2.75, 3.05) is 0 Å². The lowest BCUT2D eigenvalue weighted by molar-refractivity contribution is 0.518. The Balaban J connectivity index is 4.60. The standard InChI is InChI=1S/C16H31NOS/c1-12(2)14(4)17-13(3)10-11-16(8,9)19(18)15(5,6)7/h13H,1,10-11H2,2-9H3. The van der Waals surface area contributed by atoms with E-state index in [0.29, 0.717) is 0 Å². The van der Waals surface area contributed by atoms with Crippen LogP contribution in [0.25, 0.3) is 0 Å². The quantitative estimate of drug-likeness (QED) is 0.660. The van der Waals surface area contributed by atoms with Crippen LogP contribution < -0.4 is 0 Å². The Kier molecular flexibility index (Phi) is 6.67. The molecule has 0 saturated heterocycles. The molecule has 19 heavy (non-hydrogen) atoms. The van der Waals surface area contributed by atoms with Crippen LogP contribution in [0, 0.1) is 0 Å². The Morgan fingerprint density at radius 2 is 1.68 bits per heavy atom. The zero-order chi connectivity index (χ0) is 15.4. The van der Waals surface area contributed by atoms with Gasteiger partial charge in [-0.25, -0.2) is 0 Å². The highest BCUT2D eigenvalue weighted by molar-refractivity contribution is 7.87. The average molecular weight is 285 g/mol. The van der Waals surface area contributed by atoms with Gasteiger partial charge in [-0.1, -0.05) is 6.58 Å². The first-order valence-electron chi connectivity index (χ1n) is 7.00. The van der Waals surface area contributed by atoms with Gasteiger partial charge >= 0.3 is 0 Å². The predicted molar refractivity (Wildman–Crippen MR) is 88.6 cm³/mol. The van der Waals surface area contributed by atoms with E-state index in [1.54, 1.807) is 0 Å². The van der Waals surface area contributed by atoms with E-state index >= 15 is 0 Å². The summed E-state index contributed by atoms with van der Waals surface area (Å²) in [6.45, 7) is 20.3. The van der Waals surface area contributed by atoms with Gasteiger partial charge in [-0.15, -0.1) is 0 Å². The molecule has 0 aromatic heterocycles. The van der Waals surface area contributed by atoms with Crippen molar-refractivity contribution in [2.24, 2.45) is 4.99 Å². The first-order valence-corrected chi connectivity index (χ1v) is 8.15. The van der Waals surface area contributed by atoms with Gasteiger partial charge in [0.1, 0.15) is 0 Å². The molecular formula is C16H31NOS. The lowest BCUT2D eigenvalue weighted by atomic mass is 10.0. The Morgan fingerprint density at radius 3 is 2.05 bits per heavy atom. The molecule has 0 aliphatic rings. The van der Waals surface area contributed by atoms with E-state index in [1.165, 1.54) is 0 Å². The molecule has 0 fully saturated rings. The van der Waals surface area contributed by atoms with Crippen LogP contribution >= 0.6 is 0 Å². The number of allylic oxidation sites excluding steroid dienone is 1. The van der Waals surface area contributed by atoms with Crippen molar-refractivity contribution in [3.63, 3.8) is 0 Å². The lowest BCUT2D eigenvalue weighted by Gasteiger charge is -2.32. The SMILES string of the molecule is C=C(C)C(C)=NC(C)CCC(C)(C)S(=O)C(C)(C)C. The molecule has 0 saturated carbocycles. The molecule has 0 aromatic carbocycles. The molecule has 0 bridgehead atoms. The van der Waals surface area contributed by atoms with Crippen molar-refractivity contribution in [1.29, 1.82) is 0 Å². The van der Waals surface area contributed by atoms with Crippen molar-refractivity contribution in [2.45, 2.75) is 83.8 Å². The van der Waals surface area contributed by atoms with Crippen LogP contribution in [0.3, 0.4) is 0 Å². The van der Waals surface area contributed by atoms with Crippen molar-refractivity contribution in [1.82, 2.24) is 0 Å². The maximum absolute atomic E-state index is 12.5. The number of rotatable bonds is 6. The van der Waals surface area contributed by atoms with Gasteiger partial charge in [0.15, 0.2) is 0 Å².